The molecule has 0 bridgehead atoms. The predicted octanol–water partition coefficient (Wildman–Crippen LogP) is 6.86. The molecule has 1 saturated heterocycles. The standard InChI is InChI=1S/C39H44N2O6/c1-4-21-45-39(44)40-24-29-9-8-12-34(22-29)30-17-19-33(20-18-30)38-46-35(23-36(47-38)31-15-13-28(26-42)14-16-31)25-41(3)27(2)37(43)32-10-6-5-7-11-32/h4-20,22,27,35-38,42-43H,1,21,23-26H2,2-3H3,(H,40,44). The van der Waals surface area contributed by atoms with Gasteiger partial charge in [0.1, 0.15) is 6.61 Å². The summed E-state index contributed by atoms with van der Waals surface area (Å²) in [6.45, 7) is 6.69. The second-order valence-corrected chi connectivity index (χ2v) is 11.9. The van der Waals surface area contributed by atoms with Gasteiger partial charge in [-0.15, -0.1) is 0 Å². The maximum absolute atomic E-state index is 11.8. The van der Waals surface area contributed by atoms with Crippen molar-refractivity contribution < 1.29 is 29.2 Å². The number of amides is 1. The van der Waals surface area contributed by atoms with E-state index in [4.69, 9.17) is 14.2 Å². The molecule has 0 saturated carbocycles. The lowest BCUT2D eigenvalue weighted by Crippen LogP contribution is -2.43. The second kappa shape index (κ2) is 16.5. The molecule has 8 heteroatoms. The van der Waals surface area contributed by atoms with Crippen molar-refractivity contribution in [1.29, 1.82) is 0 Å². The van der Waals surface area contributed by atoms with Crippen LogP contribution in [0.15, 0.2) is 116 Å². The molecule has 0 aliphatic carbocycles. The van der Waals surface area contributed by atoms with Crippen molar-refractivity contribution >= 4 is 6.09 Å². The Kier molecular flexibility index (Phi) is 11.9. The van der Waals surface area contributed by atoms with E-state index in [-0.39, 0.29) is 31.5 Å². The minimum Gasteiger partial charge on any atom is -0.445 e. The summed E-state index contributed by atoms with van der Waals surface area (Å²) in [6, 6.07) is 33.6. The van der Waals surface area contributed by atoms with Crippen LogP contribution in [0.3, 0.4) is 0 Å². The van der Waals surface area contributed by atoms with Gasteiger partial charge in [0.25, 0.3) is 0 Å². The highest BCUT2D eigenvalue weighted by molar-refractivity contribution is 5.68. The third kappa shape index (κ3) is 9.16. The first-order valence-electron chi connectivity index (χ1n) is 16.0. The van der Waals surface area contributed by atoms with Crippen molar-refractivity contribution in [3.63, 3.8) is 0 Å². The lowest BCUT2D eigenvalue weighted by atomic mass is 9.98. The highest BCUT2D eigenvalue weighted by Gasteiger charge is 2.34. The molecule has 1 amide bonds. The summed E-state index contributed by atoms with van der Waals surface area (Å²) in [5, 5.41) is 23.4. The minimum absolute atomic E-state index is 0.0133. The summed E-state index contributed by atoms with van der Waals surface area (Å²) in [5.41, 5.74) is 6.65. The van der Waals surface area contributed by atoms with Crippen molar-refractivity contribution in [2.24, 2.45) is 0 Å². The van der Waals surface area contributed by atoms with Gasteiger partial charge in [-0.3, -0.25) is 4.90 Å². The van der Waals surface area contributed by atoms with Gasteiger partial charge in [-0.2, -0.15) is 0 Å². The van der Waals surface area contributed by atoms with Gasteiger partial charge in [0.2, 0.25) is 0 Å². The number of aliphatic hydroxyl groups is 2. The van der Waals surface area contributed by atoms with Crippen LogP contribution in [0.4, 0.5) is 4.79 Å². The van der Waals surface area contributed by atoms with Gasteiger partial charge in [-0.25, -0.2) is 4.79 Å². The molecule has 1 heterocycles. The van der Waals surface area contributed by atoms with Crippen LogP contribution in [0.2, 0.25) is 0 Å². The first-order valence-corrected chi connectivity index (χ1v) is 16.0. The molecule has 5 atom stereocenters. The number of nitrogens with one attached hydrogen (secondary N) is 1. The zero-order valence-corrected chi connectivity index (χ0v) is 27.0. The molecule has 5 rings (SSSR count). The Labute approximate surface area is 277 Å². The van der Waals surface area contributed by atoms with Crippen LogP contribution in [-0.2, 0) is 27.4 Å². The lowest BCUT2D eigenvalue weighted by Gasteiger charge is -2.39. The van der Waals surface area contributed by atoms with Crippen molar-refractivity contribution in [3.8, 4) is 11.1 Å². The van der Waals surface area contributed by atoms with Crippen LogP contribution in [0, 0.1) is 0 Å². The van der Waals surface area contributed by atoms with E-state index in [9.17, 15) is 15.0 Å². The van der Waals surface area contributed by atoms with Gasteiger partial charge in [0, 0.05) is 31.1 Å². The number of aliphatic hydroxyl groups excluding tert-OH is 2. The Morgan fingerprint density at radius 2 is 1.68 bits per heavy atom. The average Bonchev–Trinajstić information content (AvgIpc) is 3.13. The van der Waals surface area contributed by atoms with Gasteiger partial charge in [-0.1, -0.05) is 110 Å². The molecule has 8 nitrogen and oxygen atoms in total. The smallest absolute Gasteiger partial charge is 0.407 e. The number of hydrogen-bond acceptors (Lipinski definition) is 7. The Balaban J connectivity index is 1.30. The fourth-order valence-corrected chi connectivity index (χ4v) is 5.74. The van der Waals surface area contributed by atoms with Crippen LogP contribution in [-0.4, -0.2) is 53.6 Å². The largest absolute Gasteiger partial charge is 0.445 e. The fraction of sp³-hybridized carbons (Fsp3) is 0.308. The normalized spacial score (nSPS) is 19.1. The summed E-state index contributed by atoms with van der Waals surface area (Å²) in [5.74, 6) is 0. The van der Waals surface area contributed by atoms with Gasteiger partial charge >= 0.3 is 6.09 Å². The molecule has 4 aromatic carbocycles. The maximum Gasteiger partial charge on any atom is 0.407 e. The maximum atomic E-state index is 11.8. The quantitative estimate of drug-likeness (QED) is 0.138. The summed E-state index contributed by atoms with van der Waals surface area (Å²) in [6.07, 6.45) is 0.0937. The van der Waals surface area contributed by atoms with Gasteiger partial charge in [-0.05, 0) is 53.4 Å². The number of benzene rings is 4. The third-order valence-electron chi connectivity index (χ3n) is 8.61. The first-order chi connectivity index (χ1) is 22.8. The van der Waals surface area contributed by atoms with Crippen LogP contribution in [0.1, 0.15) is 59.7 Å². The topological polar surface area (TPSA) is 100 Å². The van der Waals surface area contributed by atoms with Crippen molar-refractivity contribution in [2.45, 2.75) is 57.1 Å². The van der Waals surface area contributed by atoms with E-state index in [1.807, 2.05) is 117 Å². The van der Waals surface area contributed by atoms with E-state index in [0.717, 1.165) is 38.9 Å². The summed E-state index contributed by atoms with van der Waals surface area (Å²) < 4.78 is 18.1. The molecular weight excluding hydrogens is 592 g/mol. The van der Waals surface area contributed by atoms with Crippen LogP contribution in [0.5, 0.6) is 0 Å². The van der Waals surface area contributed by atoms with Gasteiger partial charge in [0.05, 0.1) is 24.9 Å². The highest BCUT2D eigenvalue weighted by Crippen LogP contribution is 2.39. The third-order valence-corrected chi connectivity index (χ3v) is 8.61. The van der Waals surface area contributed by atoms with E-state index in [1.54, 1.807) is 0 Å². The predicted molar refractivity (Wildman–Crippen MR) is 182 cm³/mol. The molecule has 246 valence electrons. The molecule has 1 aliphatic heterocycles. The van der Waals surface area contributed by atoms with Crippen molar-refractivity contribution in [1.82, 2.24) is 10.2 Å². The molecule has 0 radical (unpaired) electrons. The zero-order chi connectivity index (χ0) is 33.2. The highest BCUT2D eigenvalue weighted by atomic mass is 16.7. The zero-order valence-electron chi connectivity index (χ0n) is 27.0. The SMILES string of the molecule is C=CCOC(=O)NCc1cccc(-c2ccc(C3OC(CN(C)C(C)C(O)c4ccccc4)CC(c4ccc(CO)cc4)O3)cc2)c1. The number of carbonyl (C=O) groups excluding carboxylic acids is 1. The lowest BCUT2D eigenvalue weighted by molar-refractivity contribution is -0.253. The average molecular weight is 637 g/mol. The minimum atomic E-state index is -0.633. The Bertz CT molecular complexity index is 1580. The van der Waals surface area contributed by atoms with E-state index in [0.29, 0.717) is 19.5 Å². The molecule has 3 N–H and O–H groups in total. The Hall–Kier alpha value is -4.31. The summed E-state index contributed by atoms with van der Waals surface area (Å²) in [7, 11) is 2.01. The molecule has 4 aromatic rings. The Morgan fingerprint density at radius 3 is 2.38 bits per heavy atom. The number of rotatable bonds is 13. The number of alkyl carbamates (subject to hydrolysis) is 1. The molecule has 1 fully saturated rings. The summed E-state index contributed by atoms with van der Waals surface area (Å²) >= 11 is 0. The number of ether oxygens (including phenoxy) is 3. The number of hydrogen-bond donors (Lipinski definition) is 3. The molecule has 0 spiro atoms. The number of carbonyl (C=O) groups is 1. The second-order valence-electron chi connectivity index (χ2n) is 11.9. The monoisotopic (exact) mass is 636 g/mol. The Morgan fingerprint density at radius 1 is 0.957 bits per heavy atom. The van der Waals surface area contributed by atoms with Crippen LogP contribution < -0.4 is 5.32 Å². The first kappa shape index (κ1) is 34.0. The molecule has 47 heavy (non-hydrogen) atoms. The number of nitrogens with zero attached hydrogens (tertiary/aromatic N) is 1. The molecule has 5 unspecified atom stereocenters. The van der Waals surface area contributed by atoms with Gasteiger partial charge < -0.3 is 29.7 Å². The van der Waals surface area contributed by atoms with Crippen molar-refractivity contribution in [2.75, 3.05) is 20.2 Å². The van der Waals surface area contributed by atoms with Crippen LogP contribution in [0.25, 0.3) is 11.1 Å². The van der Waals surface area contributed by atoms with E-state index in [1.165, 1.54) is 6.08 Å². The summed E-state index contributed by atoms with van der Waals surface area (Å²) in [4.78, 5) is 14.0. The van der Waals surface area contributed by atoms with E-state index >= 15 is 0 Å². The molecular formula is C39H44N2O6. The van der Waals surface area contributed by atoms with Crippen LogP contribution >= 0.6 is 0 Å². The van der Waals surface area contributed by atoms with Gasteiger partial charge in [0.15, 0.2) is 6.29 Å². The molecule has 0 aromatic heterocycles. The van der Waals surface area contributed by atoms with E-state index < -0.39 is 18.5 Å². The fourth-order valence-electron chi connectivity index (χ4n) is 5.74. The van der Waals surface area contributed by atoms with Crippen molar-refractivity contribution in [3.05, 3.63) is 144 Å². The van der Waals surface area contributed by atoms with E-state index in [2.05, 4.69) is 16.8 Å². The number of likely N-dealkylation sites (N-methyl/N-ethyl adjacent to an activating group) is 1. The molecule has 1 aliphatic rings.